The molecule has 11 nitrogen and oxygen atoms in total. The Morgan fingerprint density at radius 1 is 1.02 bits per heavy atom. The van der Waals surface area contributed by atoms with Crippen LogP contribution < -0.4 is 23.8 Å². The van der Waals surface area contributed by atoms with Crippen LogP contribution in [0.1, 0.15) is 46.5 Å². The lowest BCUT2D eigenvalue weighted by molar-refractivity contribution is -0.133. The lowest BCUT2D eigenvalue weighted by Crippen LogP contribution is -2.42. The molecule has 1 saturated carbocycles. The molecule has 2 aliphatic rings. The lowest BCUT2D eigenvalue weighted by atomic mass is 9.98. The van der Waals surface area contributed by atoms with E-state index in [-0.39, 0.29) is 29.4 Å². The first-order chi connectivity index (χ1) is 21.4. The Bertz CT molecular complexity index is 1600. The van der Waals surface area contributed by atoms with Gasteiger partial charge in [0.2, 0.25) is 11.8 Å². The Hall–Kier alpha value is -4.08. The summed E-state index contributed by atoms with van der Waals surface area (Å²) in [5, 5.41) is 3.21. The molecule has 0 unspecified atom stereocenters. The molecule has 1 aliphatic carbocycles. The highest BCUT2D eigenvalue weighted by atomic mass is 27.1. The predicted octanol–water partition coefficient (Wildman–Crippen LogP) is 5.12. The first-order valence-electron chi connectivity index (χ1n) is 14.8. The molecule has 0 spiro atoms. The summed E-state index contributed by atoms with van der Waals surface area (Å²) in [6, 6.07) is 9.18. The van der Waals surface area contributed by atoms with E-state index in [4.69, 9.17) is 18.9 Å². The van der Waals surface area contributed by atoms with Crippen molar-refractivity contribution in [2.24, 2.45) is 11.3 Å². The number of methoxy groups -OCH3 is 1. The zero-order valence-corrected chi connectivity index (χ0v) is 26.9. The van der Waals surface area contributed by atoms with Crippen molar-refractivity contribution in [1.82, 2.24) is 14.2 Å². The Morgan fingerprint density at radius 3 is 2.38 bits per heavy atom. The van der Waals surface area contributed by atoms with Crippen LogP contribution in [0.2, 0.25) is 0 Å². The van der Waals surface area contributed by atoms with E-state index >= 15 is 4.39 Å². The van der Waals surface area contributed by atoms with Crippen molar-refractivity contribution in [2.45, 2.75) is 52.1 Å². The van der Waals surface area contributed by atoms with E-state index in [2.05, 4.69) is 31.1 Å². The normalized spacial score (nSPS) is 16.1. The number of nitrogens with one attached hydrogen (secondary N) is 2. The van der Waals surface area contributed by atoms with E-state index in [1.165, 1.54) is 19.2 Å². The number of carbonyl (C=O) groups is 3. The van der Waals surface area contributed by atoms with Gasteiger partial charge in [-0.2, -0.15) is 0 Å². The van der Waals surface area contributed by atoms with Crippen molar-refractivity contribution < 1.29 is 37.7 Å². The summed E-state index contributed by atoms with van der Waals surface area (Å²) >= 11 is 2.10. The Kier molecular flexibility index (Phi) is 9.42. The van der Waals surface area contributed by atoms with Crippen LogP contribution in [0.15, 0.2) is 42.6 Å². The van der Waals surface area contributed by atoms with Gasteiger partial charge in [-0.1, -0.05) is 0 Å². The smallest absolute Gasteiger partial charge is 0.410 e. The number of benzene rings is 2. The minimum Gasteiger partial charge on any atom is -0.493 e. The fourth-order valence-corrected chi connectivity index (χ4v) is 5.43. The minimum atomic E-state index is -1.12. The minimum absolute atomic E-state index is 0.0543. The highest BCUT2D eigenvalue weighted by Gasteiger charge is 2.55. The van der Waals surface area contributed by atoms with E-state index in [0.717, 1.165) is 18.9 Å². The molecule has 236 valence electrons. The van der Waals surface area contributed by atoms with Gasteiger partial charge in [0.15, 0.2) is 23.1 Å². The Balaban J connectivity index is 1.24. The second-order valence-corrected chi connectivity index (χ2v) is 12.6. The van der Waals surface area contributed by atoms with Gasteiger partial charge in [-0.15, -0.1) is 0 Å². The average molecular weight is 635 g/mol. The van der Waals surface area contributed by atoms with E-state index < -0.39 is 22.7 Å². The van der Waals surface area contributed by atoms with Crippen molar-refractivity contribution in [3.63, 3.8) is 0 Å². The second-order valence-electron chi connectivity index (χ2n) is 12.3. The van der Waals surface area contributed by atoms with Gasteiger partial charge < -0.3 is 33.5 Å². The predicted molar refractivity (Wildman–Crippen MR) is 165 cm³/mol. The monoisotopic (exact) mass is 634 g/mol. The molecule has 1 aromatic heterocycles. The number of anilines is 1. The van der Waals surface area contributed by atoms with Crippen LogP contribution in [0.5, 0.6) is 23.0 Å². The molecule has 1 saturated heterocycles. The summed E-state index contributed by atoms with van der Waals surface area (Å²) in [5.74, 6) is -0.0345. The molecule has 2 aromatic carbocycles. The van der Waals surface area contributed by atoms with Gasteiger partial charge in [0.1, 0.15) is 16.8 Å². The number of ether oxygens (including phenoxy) is 4. The second kappa shape index (κ2) is 13.1. The third kappa shape index (κ3) is 7.43. The third-order valence-corrected chi connectivity index (χ3v) is 8.15. The number of fused-ring (bicyclic) bond motifs is 1. The van der Waals surface area contributed by atoms with Crippen molar-refractivity contribution in [3.8, 4) is 23.0 Å². The number of piperidine rings is 1. The Morgan fingerprint density at radius 2 is 1.76 bits per heavy atom. The molecule has 5 rings (SSSR count). The van der Waals surface area contributed by atoms with Crippen LogP contribution in [0, 0.1) is 17.2 Å². The number of pyridine rings is 1. The van der Waals surface area contributed by atoms with Crippen LogP contribution in [-0.4, -0.2) is 76.7 Å². The van der Waals surface area contributed by atoms with Gasteiger partial charge in [-0.25, -0.2) is 9.18 Å². The molecular formula is C32H36AlFN4O7. The number of aromatic nitrogens is 1. The van der Waals surface area contributed by atoms with Gasteiger partial charge in [0, 0.05) is 42.5 Å². The fraction of sp³-hybridized carbons (Fsp3) is 0.438. The first-order valence-corrected chi connectivity index (χ1v) is 15.4. The molecule has 3 amide bonds. The molecule has 2 fully saturated rings. The first kappa shape index (κ1) is 32.3. The summed E-state index contributed by atoms with van der Waals surface area (Å²) < 4.78 is 40.7. The largest absolute Gasteiger partial charge is 0.493 e. The van der Waals surface area contributed by atoms with E-state index in [1.54, 1.807) is 29.3 Å². The molecule has 0 atom stereocenters. The van der Waals surface area contributed by atoms with Crippen LogP contribution in [0.3, 0.4) is 0 Å². The van der Waals surface area contributed by atoms with E-state index in [0.29, 0.717) is 60.7 Å². The molecule has 2 heterocycles. The topological polar surface area (TPSA) is 128 Å². The zero-order chi connectivity index (χ0) is 32.4. The standard InChI is InChI=1S/C32H37FN4O7.Al/c1-31(2,3)44-30(40)37-13-8-19(9-14-37)18-42-27-17-23-21(16-26(27)41-4)24(7-12-35-23)43-25-6-5-20(15-22(25)33)36-29(39)32(10-11-32)28(34)38;/h5-7,12,15-17,19H,8-11,13-14,18H2,1-4H3,(H3,34,36,38,39);/q;+1/p-1. The number of amides is 3. The van der Waals surface area contributed by atoms with Crippen molar-refractivity contribution >= 4 is 51.0 Å². The van der Waals surface area contributed by atoms with Crippen LogP contribution in [0.4, 0.5) is 14.9 Å². The van der Waals surface area contributed by atoms with Gasteiger partial charge in [0.05, 0.1) is 19.2 Å². The Labute approximate surface area is 269 Å². The maximum atomic E-state index is 15.1. The van der Waals surface area contributed by atoms with Crippen LogP contribution in [0.25, 0.3) is 10.9 Å². The summed E-state index contributed by atoms with van der Waals surface area (Å²) in [4.78, 5) is 43.3. The van der Waals surface area contributed by atoms with Crippen molar-refractivity contribution in [3.05, 3.63) is 48.4 Å². The highest BCUT2D eigenvalue weighted by molar-refractivity contribution is 6.22. The average Bonchev–Trinajstić information content (AvgIpc) is 3.82. The zero-order valence-electron chi connectivity index (χ0n) is 25.8. The molecule has 2 N–H and O–H groups in total. The summed E-state index contributed by atoms with van der Waals surface area (Å²) in [5.41, 5.74) is -0.875. The number of carbonyl (C=O) groups excluding carboxylic acids is 3. The molecule has 3 aromatic rings. The number of hydrogen-bond donors (Lipinski definition) is 2. The number of hydrogen-bond acceptors (Lipinski definition) is 8. The molecule has 0 bridgehead atoms. The summed E-state index contributed by atoms with van der Waals surface area (Å²) in [6.07, 6.45) is 3.69. The van der Waals surface area contributed by atoms with Crippen molar-refractivity contribution in [1.29, 1.82) is 0 Å². The number of rotatable bonds is 9. The molecule has 13 heteroatoms. The van der Waals surface area contributed by atoms with Gasteiger partial charge in [-0.3, -0.25) is 14.6 Å². The maximum absolute atomic E-state index is 15.1. The van der Waals surface area contributed by atoms with Crippen LogP contribution >= 0.6 is 0 Å². The van der Waals surface area contributed by atoms with E-state index in [1.807, 2.05) is 20.8 Å². The van der Waals surface area contributed by atoms with E-state index in [9.17, 15) is 14.4 Å². The fourth-order valence-electron chi connectivity index (χ4n) is 5.16. The molecular weight excluding hydrogens is 598 g/mol. The third-order valence-electron chi connectivity index (χ3n) is 7.89. The number of halogens is 1. The number of nitrogens with zero attached hydrogens (tertiary/aromatic N) is 2. The summed E-state index contributed by atoms with van der Waals surface area (Å²) in [6.45, 7) is 7.19. The van der Waals surface area contributed by atoms with Crippen LogP contribution in [-0.2, 0) is 14.3 Å². The molecule has 45 heavy (non-hydrogen) atoms. The molecule has 1 aliphatic heterocycles. The maximum Gasteiger partial charge on any atom is 0.410 e. The quantitative estimate of drug-likeness (QED) is 0.245. The molecule has 2 radical (unpaired) electrons. The summed E-state index contributed by atoms with van der Waals surface area (Å²) in [7, 11) is 1.53. The van der Waals surface area contributed by atoms with Gasteiger partial charge >= 0.3 is 22.6 Å². The SMILES string of the molecule is COc1cc2c(Oc3ccc(NC(=O)C4(C(=O)[NH][Al])CC4)cc3F)ccnc2cc1OCC1CCN(C(=O)OC(C)(C)C)CC1. The van der Waals surface area contributed by atoms with Crippen molar-refractivity contribution in [2.75, 3.05) is 32.1 Å². The van der Waals surface area contributed by atoms with Gasteiger partial charge in [0.25, 0.3) is 0 Å². The highest BCUT2D eigenvalue weighted by Crippen LogP contribution is 2.47. The lowest BCUT2D eigenvalue weighted by Gasteiger charge is -2.33. The number of likely N-dealkylation sites (tertiary alicyclic amines) is 1. The van der Waals surface area contributed by atoms with Gasteiger partial charge in [-0.05, 0) is 76.6 Å².